The Hall–Kier alpha value is -1.65. The number of carboxylic acids is 1. The summed E-state index contributed by atoms with van der Waals surface area (Å²) in [5, 5.41) is 11.6. The molecule has 2 aliphatic rings. The van der Waals surface area contributed by atoms with Crippen LogP contribution in [0.1, 0.15) is 80.1 Å². The number of nitrogens with zero attached hydrogens (tertiary/aromatic N) is 2. The third-order valence-electron chi connectivity index (χ3n) is 6.50. The lowest BCUT2D eigenvalue weighted by atomic mass is 9.80. The van der Waals surface area contributed by atoms with Crippen molar-refractivity contribution in [1.29, 1.82) is 0 Å². The van der Waals surface area contributed by atoms with Crippen molar-refractivity contribution in [1.82, 2.24) is 9.96 Å². The molecule has 0 radical (unpaired) electrons. The molecule has 1 N–H and O–H groups in total. The van der Waals surface area contributed by atoms with Gasteiger partial charge >= 0.3 is 18.0 Å². The minimum Gasteiger partial charge on any atom is -0.480 e. The molecule has 202 valence electrons. The maximum atomic E-state index is 13.7. The average Bonchev–Trinajstić information content (AvgIpc) is 3.30. The highest BCUT2D eigenvalue weighted by atomic mass is 28.3. The topological polar surface area (TPSA) is 106 Å². The van der Waals surface area contributed by atoms with Gasteiger partial charge in [-0.15, -0.1) is 0 Å². The lowest BCUT2D eigenvalue weighted by Gasteiger charge is -2.40. The number of hydrogen-bond acceptors (Lipinski definition) is 7. The zero-order valence-electron chi connectivity index (χ0n) is 22.9. The molecule has 2 heterocycles. The zero-order chi connectivity index (χ0) is 26.6. The summed E-state index contributed by atoms with van der Waals surface area (Å²) < 4.78 is 17.5. The summed E-state index contributed by atoms with van der Waals surface area (Å²) in [5.41, 5.74) is -1.64. The molecule has 35 heavy (non-hydrogen) atoms. The van der Waals surface area contributed by atoms with Gasteiger partial charge in [0.25, 0.3) is 0 Å². The van der Waals surface area contributed by atoms with Crippen LogP contribution < -0.4 is 0 Å². The molecule has 10 heteroatoms. The second-order valence-electron chi connectivity index (χ2n) is 12.4. The molecule has 0 bridgehead atoms. The van der Waals surface area contributed by atoms with E-state index in [0.717, 1.165) is 25.7 Å². The fourth-order valence-electron chi connectivity index (χ4n) is 4.98. The molecule has 2 fully saturated rings. The summed E-state index contributed by atoms with van der Waals surface area (Å²) in [6.07, 6.45) is 3.48. The highest BCUT2D eigenvalue weighted by Gasteiger charge is 2.60. The van der Waals surface area contributed by atoms with Crippen molar-refractivity contribution in [3.05, 3.63) is 0 Å². The highest BCUT2D eigenvalue weighted by molar-refractivity contribution is 6.48. The van der Waals surface area contributed by atoms with Gasteiger partial charge in [0, 0.05) is 19.0 Å². The zero-order valence-corrected chi connectivity index (χ0v) is 24.0. The SMILES string of the molecule is C[SiH](C)ON1CCCC1(C(=O)OCCCCC(C)(C)C)C1CC(C(=O)O)N(C(=O)OC(C)(C)C)C1. The van der Waals surface area contributed by atoms with Gasteiger partial charge < -0.3 is 19.1 Å². The van der Waals surface area contributed by atoms with Crippen molar-refractivity contribution in [3.8, 4) is 0 Å². The van der Waals surface area contributed by atoms with Crippen LogP contribution in [0.25, 0.3) is 0 Å². The lowest BCUT2D eigenvalue weighted by Crippen LogP contribution is -2.58. The molecule has 3 atom stereocenters. The molecular formula is C25H46N2O7Si. The van der Waals surface area contributed by atoms with Crippen LogP contribution in [0, 0.1) is 11.3 Å². The van der Waals surface area contributed by atoms with E-state index in [4.69, 9.17) is 14.0 Å². The van der Waals surface area contributed by atoms with Gasteiger partial charge in [-0.25, -0.2) is 14.4 Å². The molecule has 0 aliphatic carbocycles. The average molecular weight is 515 g/mol. The minimum absolute atomic E-state index is 0.102. The maximum Gasteiger partial charge on any atom is 0.411 e. The largest absolute Gasteiger partial charge is 0.480 e. The van der Waals surface area contributed by atoms with Gasteiger partial charge in [0.1, 0.15) is 17.2 Å². The number of hydrogen-bond donors (Lipinski definition) is 1. The number of hydroxylamine groups is 2. The van der Waals surface area contributed by atoms with Crippen molar-refractivity contribution in [3.63, 3.8) is 0 Å². The summed E-state index contributed by atoms with van der Waals surface area (Å²) >= 11 is 0. The van der Waals surface area contributed by atoms with Crippen LogP contribution in [0.4, 0.5) is 4.79 Å². The number of carbonyl (C=O) groups is 3. The fourth-order valence-corrected chi connectivity index (χ4v) is 5.78. The molecular weight excluding hydrogens is 468 g/mol. The molecule has 1 amide bonds. The highest BCUT2D eigenvalue weighted by Crippen LogP contribution is 2.44. The Balaban J connectivity index is 2.25. The predicted molar refractivity (Wildman–Crippen MR) is 135 cm³/mol. The number of esters is 1. The van der Waals surface area contributed by atoms with Crippen molar-refractivity contribution < 1.29 is 33.5 Å². The van der Waals surface area contributed by atoms with Crippen molar-refractivity contribution in [2.45, 2.75) is 110 Å². The second kappa shape index (κ2) is 11.6. The van der Waals surface area contributed by atoms with E-state index in [0.29, 0.717) is 19.6 Å². The summed E-state index contributed by atoms with van der Waals surface area (Å²) in [5.74, 6) is -1.92. The molecule has 9 nitrogen and oxygen atoms in total. The first kappa shape index (κ1) is 29.6. The van der Waals surface area contributed by atoms with E-state index in [1.165, 1.54) is 4.90 Å². The lowest BCUT2D eigenvalue weighted by molar-refractivity contribution is -0.190. The van der Waals surface area contributed by atoms with E-state index in [2.05, 4.69) is 20.8 Å². The summed E-state index contributed by atoms with van der Waals surface area (Å²) in [6, 6.07) is -1.06. The van der Waals surface area contributed by atoms with E-state index in [-0.39, 0.29) is 24.3 Å². The van der Waals surface area contributed by atoms with Crippen LogP contribution in [0.5, 0.6) is 0 Å². The molecule has 0 aromatic rings. The van der Waals surface area contributed by atoms with E-state index < -0.39 is 44.2 Å². The molecule has 2 aliphatic heterocycles. The van der Waals surface area contributed by atoms with Gasteiger partial charge in [0.05, 0.1) is 6.61 Å². The Kier molecular flexibility index (Phi) is 9.80. The van der Waals surface area contributed by atoms with E-state index in [1.54, 1.807) is 25.8 Å². The summed E-state index contributed by atoms with van der Waals surface area (Å²) in [6.45, 7) is 16.8. The smallest absolute Gasteiger partial charge is 0.411 e. The van der Waals surface area contributed by atoms with Crippen molar-refractivity contribution in [2.75, 3.05) is 19.7 Å². The first-order chi connectivity index (χ1) is 16.1. The minimum atomic E-state index is -1.55. The predicted octanol–water partition coefficient (Wildman–Crippen LogP) is 4.21. The van der Waals surface area contributed by atoms with Gasteiger partial charge in [-0.3, -0.25) is 4.90 Å². The van der Waals surface area contributed by atoms with Gasteiger partial charge in [-0.2, -0.15) is 5.06 Å². The number of carboxylic acid groups (broad SMARTS) is 1. The van der Waals surface area contributed by atoms with Gasteiger partial charge in [0.2, 0.25) is 0 Å². The van der Waals surface area contributed by atoms with Crippen molar-refractivity contribution in [2.24, 2.45) is 11.3 Å². The number of ether oxygens (including phenoxy) is 2. The first-order valence-corrected chi connectivity index (χ1v) is 15.7. The summed E-state index contributed by atoms with van der Waals surface area (Å²) in [4.78, 5) is 39.9. The number of amides is 1. The number of carbonyl (C=O) groups excluding carboxylic acids is 2. The van der Waals surface area contributed by atoms with Crippen LogP contribution in [0.15, 0.2) is 0 Å². The van der Waals surface area contributed by atoms with E-state index in [1.807, 2.05) is 13.1 Å². The Morgan fingerprint density at radius 1 is 1.09 bits per heavy atom. The Labute approximate surface area is 212 Å². The Morgan fingerprint density at radius 3 is 2.29 bits per heavy atom. The van der Waals surface area contributed by atoms with Gasteiger partial charge in [-0.05, 0) is 77.8 Å². The summed E-state index contributed by atoms with van der Waals surface area (Å²) in [7, 11) is -1.55. The Morgan fingerprint density at radius 2 is 1.74 bits per heavy atom. The van der Waals surface area contributed by atoms with Crippen LogP contribution in [0.3, 0.4) is 0 Å². The van der Waals surface area contributed by atoms with Crippen LogP contribution in [-0.4, -0.2) is 79.0 Å². The number of rotatable bonds is 9. The molecule has 2 rings (SSSR count). The fraction of sp³-hybridized carbons (Fsp3) is 0.880. The number of likely N-dealkylation sites (tertiary alicyclic amines) is 1. The second-order valence-corrected chi connectivity index (χ2v) is 14.7. The van der Waals surface area contributed by atoms with E-state index in [9.17, 15) is 19.5 Å². The quantitative estimate of drug-likeness (QED) is 0.277. The number of aliphatic carboxylic acids is 1. The standard InChI is InChI=1S/C25H46N2O7Si/c1-23(2,3)12-9-10-15-32-21(30)25(13-11-14-27(25)34-35(7)8)18-16-19(20(28)29)26(17-18)22(31)33-24(4,5)6/h18-19,35H,9-17H2,1-8H3,(H,28,29). The molecule has 0 saturated carbocycles. The number of unbranched alkanes of at least 4 members (excludes halogenated alkanes) is 1. The van der Waals surface area contributed by atoms with Crippen LogP contribution >= 0.6 is 0 Å². The van der Waals surface area contributed by atoms with Gasteiger partial charge in [0.15, 0.2) is 9.04 Å². The van der Waals surface area contributed by atoms with E-state index >= 15 is 0 Å². The third kappa shape index (κ3) is 7.92. The maximum absolute atomic E-state index is 13.7. The van der Waals surface area contributed by atoms with Crippen molar-refractivity contribution >= 4 is 27.1 Å². The third-order valence-corrected chi connectivity index (χ3v) is 7.18. The normalized spacial score (nSPS) is 25.8. The molecule has 2 saturated heterocycles. The Bertz CT molecular complexity index is 762. The molecule has 0 spiro atoms. The first-order valence-electron chi connectivity index (χ1n) is 12.9. The molecule has 3 unspecified atom stereocenters. The molecule has 0 aromatic heterocycles. The monoisotopic (exact) mass is 514 g/mol. The van der Waals surface area contributed by atoms with Crippen LogP contribution in [0.2, 0.25) is 13.1 Å². The van der Waals surface area contributed by atoms with Gasteiger partial charge in [-0.1, -0.05) is 20.8 Å². The van der Waals surface area contributed by atoms with Crippen LogP contribution in [-0.2, 0) is 23.6 Å². The molecule has 0 aromatic carbocycles.